The van der Waals surface area contributed by atoms with Crippen molar-refractivity contribution in [3.8, 4) is 0 Å². The molecule has 150 valence electrons. The van der Waals surface area contributed by atoms with E-state index in [0.29, 0.717) is 11.1 Å². The van der Waals surface area contributed by atoms with Gasteiger partial charge in [-0.3, -0.25) is 14.5 Å². The molecule has 2 heterocycles. The molecular formula is C23H26BNO4. The summed E-state index contributed by atoms with van der Waals surface area (Å²) >= 11 is 0. The van der Waals surface area contributed by atoms with Crippen LogP contribution in [0.2, 0.25) is 0 Å². The summed E-state index contributed by atoms with van der Waals surface area (Å²) in [7, 11) is -0.432. The molecule has 0 bridgehead atoms. The van der Waals surface area contributed by atoms with Crippen molar-refractivity contribution in [2.24, 2.45) is 0 Å². The van der Waals surface area contributed by atoms with Crippen LogP contribution in [0.4, 0.5) is 0 Å². The molecule has 0 spiro atoms. The maximum atomic E-state index is 12.7. The van der Waals surface area contributed by atoms with E-state index >= 15 is 0 Å². The zero-order valence-electron chi connectivity index (χ0n) is 17.6. The Balaban J connectivity index is 1.59. The van der Waals surface area contributed by atoms with Crippen molar-refractivity contribution < 1.29 is 18.9 Å². The Morgan fingerprint density at radius 1 is 0.862 bits per heavy atom. The molecule has 2 aromatic rings. The van der Waals surface area contributed by atoms with Crippen molar-refractivity contribution in [1.82, 2.24) is 4.90 Å². The van der Waals surface area contributed by atoms with Crippen LogP contribution in [0.15, 0.2) is 42.5 Å². The summed E-state index contributed by atoms with van der Waals surface area (Å²) in [5, 5.41) is 0. The molecule has 4 rings (SSSR count). The Hall–Kier alpha value is -2.44. The number of benzene rings is 2. The number of carbonyl (C=O) groups excluding carboxylic acids is 2. The molecule has 2 aromatic carbocycles. The predicted octanol–water partition coefficient (Wildman–Crippen LogP) is 3.34. The number of fused-ring (bicyclic) bond motifs is 1. The first-order chi connectivity index (χ1) is 13.6. The number of nitrogens with zero attached hydrogens (tertiary/aromatic N) is 1. The molecule has 0 aromatic heterocycles. The summed E-state index contributed by atoms with van der Waals surface area (Å²) < 4.78 is 12.3. The number of imide groups is 1. The van der Waals surface area contributed by atoms with Gasteiger partial charge in [0.1, 0.15) is 0 Å². The molecule has 5 nitrogen and oxygen atoms in total. The lowest BCUT2D eigenvalue weighted by atomic mass is 9.77. The van der Waals surface area contributed by atoms with Gasteiger partial charge in [0.2, 0.25) is 0 Å². The quantitative estimate of drug-likeness (QED) is 0.593. The first-order valence-electron chi connectivity index (χ1n) is 10.1. The number of rotatable bonds is 4. The van der Waals surface area contributed by atoms with Gasteiger partial charge in [0, 0.05) is 0 Å². The van der Waals surface area contributed by atoms with E-state index in [0.717, 1.165) is 23.0 Å². The first-order valence-corrected chi connectivity index (χ1v) is 10.1. The fourth-order valence-corrected chi connectivity index (χ4v) is 3.81. The average Bonchev–Trinajstić information content (AvgIpc) is 3.05. The Bertz CT molecular complexity index is 947. The van der Waals surface area contributed by atoms with E-state index in [-0.39, 0.29) is 18.4 Å². The van der Waals surface area contributed by atoms with Crippen LogP contribution >= 0.6 is 0 Å². The third-order valence-electron chi connectivity index (χ3n) is 6.34. The van der Waals surface area contributed by atoms with E-state index in [2.05, 4.69) is 13.0 Å². The number of aryl methyl sites for hydroxylation is 1. The Morgan fingerprint density at radius 2 is 1.41 bits per heavy atom. The van der Waals surface area contributed by atoms with Gasteiger partial charge >= 0.3 is 7.12 Å². The number of hydrogen-bond donors (Lipinski definition) is 0. The van der Waals surface area contributed by atoms with E-state index in [1.807, 2.05) is 39.8 Å². The fraction of sp³-hybridized carbons (Fsp3) is 0.391. The minimum atomic E-state index is -0.432. The fourth-order valence-electron chi connectivity index (χ4n) is 3.81. The van der Waals surface area contributed by atoms with Crippen molar-refractivity contribution in [3.63, 3.8) is 0 Å². The summed E-state index contributed by atoms with van der Waals surface area (Å²) in [6.07, 6.45) is 0.784. The summed E-state index contributed by atoms with van der Waals surface area (Å²) in [5.74, 6) is -0.467. The minimum absolute atomic E-state index is 0.234. The van der Waals surface area contributed by atoms with Gasteiger partial charge in [0.25, 0.3) is 11.8 Å². The largest absolute Gasteiger partial charge is 0.494 e. The Kier molecular flexibility index (Phi) is 4.67. The maximum Gasteiger partial charge on any atom is 0.494 e. The predicted molar refractivity (Wildman–Crippen MR) is 112 cm³/mol. The molecule has 0 saturated carbocycles. The zero-order chi connectivity index (χ0) is 21.0. The van der Waals surface area contributed by atoms with Gasteiger partial charge in [-0.15, -0.1) is 0 Å². The van der Waals surface area contributed by atoms with Crippen molar-refractivity contribution >= 4 is 24.4 Å². The SMILES string of the molecule is CCc1cc(B2OC(C)(C)C(C)(C)O2)ccc1CN1C(=O)c2ccccc2C1=O. The molecule has 0 unspecified atom stereocenters. The van der Waals surface area contributed by atoms with Gasteiger partial charge in [-0.25, -0.2) is 0 Å². The highest BCUT2D eigenvalue weighted by atomic mass is 16.7. The highest BCUT2D eigenvalue weighted by molar-refractivity contribution is 6.62. The lowest BCUT2D eigenvalue weighted by molar-refractivity contribution is 0.00578. The molecule has 0 atom stereocenters. The smallest absolute Gasteiger partial charge is 0.399 e. The van der Waals surface area contributed by atoms with Gasteiger partial charge in [0.15, 0.2) is 0 Å². The number of amides is 2. The molecule has 0 radical (unpaired) electrons. The Labute approximate surface area is 172 Å². The van der Waals surface area contributed by atoms with Gasteiger partial charge in [-0.2, -0.15) is 0 Å². The zero-order valence-corrected chi connectivity index (χ0v) is 17.6. The molecule has 2 aliphatic heterocycles. The van der Waals surface area contributed by atoms with Crippen LogP contribution in [0.5, 0.6) is 0 Å². The van der Waals surface area contributed by atoms with E-state index < -0.39 is 18.3 Å². The van der Waals surface area contributed by atoms with Crippen LogP contribution < -0.4 is 5.46 Å². The summed E-state index contributed by atoms with van der Waals surface area (Å²) in [5.41, 5.74) is 3.14. The lowest BCUT2D eigenvalue weighted by Gasteiger charge is -2.32. The van der Waals surface area contributed by atoms with Crippen LogP contribution in [0.3, 0.4) is 0 Å². The van der Waals surface area contributed by atoms with Crippen LogP contribution in [0.25, 0.3) is 0 Å². The van der Waals surface area contributed by atoms with E-state index in [1.165, 1.54) is 4.90 Å². The molecule has 0 N–H and O–H groups in total. The highest BCUT2D eigenvalue weighted by Gasteiger charge is 2.51. The molecule has 1 saturated heterocycles. The van der Waals surface area contributed by atoms with E-state index in [9.17, 15) is 9.59 Å². The summed E-state index contributed by atoms with van der Waals surface area (Å²) in [4.78, 5) is 26.7. The molecule has 0 aliphatic carbocycles. The normalized spacial score (nSPS) is 19.8. The molecule has 2 amide bonds. The van der Waals surface area contributed by atoms with Crippen molar-refractivity contribution in [1.29, 1.82) is 0 Å². The summed E-state index contributed by atoms with van der Waals surface area (Å²) in [6.45, 7) is 10.5. The molecule has 29 heavy (non-hydrogen) atoms. The molecule has 2 aliphatic rings. The van der Waals surface area contributed by atoms with Gasteiger partial charge in [-0.05, 0) is 62.8 Å². The van der Waals surface area contributed by atoms with Crippen LogP contribution in [-0.2, 0) is 22.3 Å². The van der Waals surface area contributed by atoms with Crippen LogP contribution in [0, 0.1) is 0 Å². The maximum absolute atomic E-state index is 12.7. The second kappa shape index (κ2) is 6.82. The molecule has 1 fully saturated rings. The average molecular weight is 391 g/mol. The first kappa shape index (κ1) is 19.9. The topological polar surface area (TPSA) is 55.8 Å². The monoisotopic (exact) mass is 391 g/mol. The Morgan fingerprint density at radius 3 is 1.93 bits per heavy atom. The number of carbonyl (C=O) groups is 2. The lowest BCUT2D eigenvalue weighted by Crippen LogP contribution is -2.41. The second-order valence-electron chi connectivity index (χ2n) is 8.71. The summed E-state index contributed by atoms with van der Waals surface area (Å²) in [6, 6.07) is 13.0. The van der Waals surface area contributed by atoms with Crippen LogP contribution in [-0.4, -0.2) is 35.0 Å². The van der Waals surface area contributed by atoms with Crippen molar-refractivity contribution in [2.75, 3.05) is 0 Å². The third-order valence-corrected chi connectivity index (χ3v) is 6.34. The third kappa shape index (κ3) is 3.20. The van der Waals surface area contributed by atoms with Gasteiger partial charge in [-0.1, -0.05) is 37.3 Å². The van der Waals surface area contributed by atoms with Crippen molar-refractivity contribution in [2.45, 2.75) is 58.8 Å². The molecular weight excluding hydrogens is 365 g/mol. The van der Waals surface area contributed by atoms with Gasteiger partial charge < -0.3 is 9.31 Å². The minimum Gasteiger partial charge on any atom is -0.399 e. The van der Waals surface area contributed by atoms with E-state index in [4.69, 9.17) is 9.31 Å². The highest BCUT2D eigenvalue weighted by Crippen LogP contribution is 2.36. The standard InChI is InChI=1S/C23H26BNO4/c1-6-15-13-17(24-28-22(2,3)23(4,5)29-24)12-11-16(15)14-25-20(26)18-9-7-8-10-19(18)21(25)27/h7-13H,6,14H2,1-5H3. The van der Waals surface area contributed by atoms with Crippen LogP contribution in [0.1, 0.15) is 66.5 Å². The number of hydrogen-bond acceptors (Lipinski definition) is 4. The van der Waals surface area contributed by atoms with Crippen molar-refractivity contribution in [3.05, 3.63) is 64.7 Å². The molecule has 6 heteroatoms. The second-order valence-corrected chi connectivity index (χ2v) is 8.71. The van der Waals surface area contributed by atoms with E-state index in [1.54, 1.807) is 24.3 Å². The van der Waals surface area contributed by atoms with Gasteiger partial charge in [0.05, 0.1) is 28.9 Å².